The Kier molecular flexibility index (Phi) is 3.27. The van der Waals surface area contributed by atoms with Crippen molar-refractivity contribution < 1.29 is 9.50 Å². The fourth-order valence-corrected chi connectivity index (χ4v) is 1.49. The van der Waals surface area contributed by atoms with Crippen LogP contribution in [0.5, 0.6) is 5.75 Å². The number of rotatable bonds is 4. The highest BCUT2D eigenvalue weighted by Crippen LogP contribution is 2.19. The predicted molar refractivity (Wildman–Crippen MR) is 63.3 cm³/mol. The van der Waals surface area contributed by atoms with Gasteiger partial charge in [-0.1, -0.05) is 0 Å². The third-order valence-electron chi connectivity index (χ3n) is 2.46. The standard InChI is InChI=1S/C12H14FN3O/c1-2-16-8-9(7-15-16)6-14-10-3-4-12(17)11(13)5-10/h3-5,7-8,14,17H,2,6H2,1H3. The van der Waals surface area contributed by atoms with Crippen LogP contribution in [0.25, 0.3) is 0 Å². The van der Waals surface area contributed by atoms with Gasteiger partial charge in [-0.3, -0.25) is 4.68 Å². The van der Waals surface area contributed by atoms with Gasteiger partial charge < -0.3 is 10.4 Å². The van der Waals surface area contributed by atoms with Crippen LogP contribution in [0.2, 0.25) is 0 Å². The molecule has 0 radical (unpaired) electrons. The molecule has 2 N–H and O–H groups in total. The average molecular weight is 235 g/mol. The Morgan fingerprint density at radius 3 is 2.94 bits per heavy atom. The average Bonchev–Trinajstić information content (AvgIpc) is 2.79. The first-order valence-corrected chi connectivity index (χ1v) is 5.42. The van der Waals surface area contributed by atoms with Gasteiger partial charge in [0.2, 0.25) is 0 Å². The molecule has 0 bridgehead atoms. The minimum Gasteiger partial charge on any atom is -0.505 e. The molecule has 0 saturated carbocycles. The van der Waals surface area contributed by atoms with E-state index in [9.17, 15) is 4.39 Å². The van der Waals surface area contributed by atoms with Crippen LogP contribution in [0.4, 0.5) is 10.1 Å². The van der Waals surface area contributed by atoms with E-state index < -0.39 is 5.82 Å². The van der Waals surface area contributed by atoms with Crippen molar-refractivity contribution in [3.8, 4) is 5.75 Å². The Morgan fingerprint density at radius 1 is 1.47 bits per heavy atom. The zero-order valence-electron chi connectivity index (χ0n) is 9.52. The first kappa shape index (κ1) is 11.4. The highest BCUT2D eigenvalue weighted by molar-refractivity contribution is 5.47. The van der Waals surface area contributed by atoms with Crippen molar-refractivity contribution in [2.45, 2.75) is 20.0 Å². The third-order valence-corrected chi connectivity index (χ3v) is 2.46. The van der Waals surface area contributed by atoms with Crippen molar-refractivity contribution >= 4 is 5.69 Å². The summed E-state index contributed by atoms with van der Waals surface area (Å²) >= 11 is 0. The number of hydrogen-bond donors (Lipinski definition) is 2. The normalized spacial score (nSPS) is 10.5. The lowest BCUT2D eigenvalue weighted by Gasteiger charge is -2.05. The Balaban J connectivity index is 1.99. The fourth-order valence-electron chi connectivity index (χ4n) is 1.49. The van der Waals surface area contributed by atoms with Crippen LogP contribution in [-0.4, -0.2) is 14.9 Å². The Hall–Kier alpha value is -2.04. The molecule has 0 aliphatic carbocycles. The van der Waals surface area contributed by atoms with E-state index in [0.717, 1.165) is 12.1 Å². The summed E-state index contributed by atoms with van der Waals surface area (Å²) < 4.78 is 14.9. The first-order valence-electron chi connectivity index (χ1n) is 5.42. The molecule has 0 spiro atoms. The number of nitrogens with zero attached hydrogens (tertiary/aromatic N) is 2. The van der Waals surface area contributed by atoms with Gasteiger partial charge in [-0.05, 0) is 19.1 Å². The third kappa shape index (κ3) is 2.75. The maximum absolute atomic E-state index is 13.1. The second kappa shape index (κ2) is 4.86. The topological polar surface area (TPSA) is 50.1 Å². The number of aryl methyl sites for hydroxylation is 1. The van der Waals surface area contributed by atoms with Crippen molar-refractivity contribution in [2.24, 2.45) is 0 Å². The summed E-state index contributed by atoms with van der Waals surface area (Å²) in [6.07, 6.45) is 3.71. The first-order chi connectivity index (χ1) is 8.19. The Bertz CT molecular complexity index is 510. The summed E-state index contributed by atoms with van der Waals surface area (Å²) in [6, 6.07) is 4.22. The van der Waals surface area contributed by atoms with Gasteiger partial charge in [0.05, 0.1) is 6.20 Å². The summed E-state index contributed by atoms with van der Waals surface area (Å²) in [7, 11) is 0. The van der Waals surface area contributed by atoms with E-state index in [0.29, 0.717) is 12.2 Å². The van der Waals surface area contributed by atoms with Gasteiger partial charge in [0, 0.05) is 36.6 Å². The van der Waals surface area contributed by atoms with Gasteiger partial charge in [0.25, 0.3) is 0 Å². The molecule has 0 atom stereocenters. The summed E-state index contributed by atoms with van der Waals surface area (Å²) in [5.74, 6) is -0.964. The molecular formula is C12H14FN3O. The van der Waals surface area contributed by atoms with Crippen molar-refractivity contribution in [3.63, 3.8) is 0 Å². The summed E-state index contributed by atoms with van der Waals surface area (Å²) in [6.45, 7) is 3.41. The van der Waals surface area contributed by atoms with Gasteiger partial charge in [-0.2, -0.15) is 5.10 Å². The van der Waals surface area contributed by atoms with Crippen LogP contribution < -0.4 is 5.32 Å². The number of halogens is 1. The van der Waals surface area contributed by atoms with Crippen molar-refractivity contribution in [2.75, 3.05) is 5.32 Å². The molecule has 90 valence electrons. The molecule has 1 aromatic heterocycles. The molecule has 2 rings (SSSR count). The second-order valence-electron chi connectivity index (χ2n) is 3.72. The maximum atomic E-state index is 13.1. The number of aromatic hydroxyl groups is 1. The predicted octanol–water partition coefficient (Wildman–Crippen LogP) is 2.36. The smallest absolute Gasteiger partial charge is 0.166 e. The number of phenolic OH excluding ortho intramolecular Hbond substituents is 1. The number of nitrogens with one attached hydrogen (secondary N) is 1. The van der Waals surface area contributed by atoms with Crippen LogP contribution in [0.15, 0.2) is 30.6 Å². The van der Waals surface area contributed by atoms with E-state index in [-0.39, 0.29) is 5.75 Å². The summed E-state index contributed by atoms with van der Waals surface area (Å²) in [4.78, 5) is 0. The molecule has 0 amide bonds. The van der Waals surface area contributed by atoms with E-state index in [2.05, 4.69) is 10.4 Å². The van der Waals surface area contributed by atoms with Crippen LogP contribution in [0, 0.1) is 5.82 Å². The van der Waals surface area contributed by atoms with Gasteiger partial charge >= 0.3 is 0 Å². The van der Waals surface area contributed by atoms with E-state index in [1.807, 2.05) is 17.8 Å². The molecular weight excluding hydrogens is 221 g/mol. The number of anilines is 1. The molecule has 2 aromatic rings. The van der Waals surface area contributed by atoms with Gasteiger partial charge in [0.15, 0.2) is 11.6 Å². The minimum atomic E-state index is -0.626. The quantitative estimate of drug-likeness (QED) is 0.800. The summed E-state index contributed by atoms with van der Waals surface area (Å²) in [5.41, 5.74) is 1.66. The van der Waals surface area contributed by atoms with Gasteiger partial charge in [0.1, 0.15) is 0 Å². The van der Waals surface area contributed by atoms with Crippen LogP contribution in [0.3, 0.4) is 0 Å². The van der Waals surface area contributed by atoms with E-state index in [4.69, 9.17) is 5.11 Å². The van der Waals surface area contributed by atoms with E-state index >= 15 is 0 Å². The van der Waals surface area contributed by atoms with Crippen LogP contribution in [0.1, 0.15) is 12.5 Å². The highest BCUT2D eigenvalue weighted by Gasteiger charge is 2.02. The van der Waals surface area contributed by atoms with Crippen molar-refractivity contribution in [1.29, 1.82) is 0 Å². The molecule has 1 aromatic carbocycles. The molecule has 4 nitrogen and oxygen atoms in total. The largest absolute Gasteiger partial charge is 0.505 e. The van der Waals surface area contributed by atoms with E-state index in [1.165, 1.54) is 12.1 Å². The lowest BCUT2D eigenvalue weighted by atomic mass is 10.2. The van der Waals surface area contributed by atoms with Crippen LogP contribution in [-0.2, 0) is 13.1 Å². The zero-order valence-corrected chi connectivity index (χ0v) is 9.52. The second-order valence-corrected chi connectivity index (χ2v) is 3.72. The van der Waals surface area contributed by atoms with Crippen molar-refractivity contribution in [1.82, 2.24) is 9.78 Å². The van der Waals surface area contributed by atoms with E-state index in [1.54, 1.807) is 12.3 Å². The van der Waals surface area contributed by atoms with Gasteiger partial charge in [-0.15, -0.1) is 0 Å². The lowest BCUT2D eigenvalue weighted by molar-refractivity contribution is 0.432. The SMILES string of the molecule is CCn1cc(CNc2ccc(O)c(F)c2)cn1. The minimum absolute atomic E-state index is 0.339. The van der Waals surface area contributed by atoms with Gasteiger partial charge in [-0.25, -0.2) is 4.39 Å². The highest BCUT2D eigenvalue weighted by atomic mass is 19.1. The number of benzene rings is 1. The van der Waals surface area contributed by atoms with Crippen LogP contribution >= 0.6 is 0 Å². The molecule has 17 heavy (non-hydrogen) atoms. The number of phenols is 1. The monoisotopic (exact) mass is 235 g/mol. The Labute approximate surface area is 98.7 Å². The lowest BCUT2D eigenvalue weighted by Crippen LogP contribution is -1.99. The molecule has 0 fully saturated rings. The number of aromatic nitrogens is 2. The molecule has 1 heterocycles. The van der Waals surface area contributed by atoms with Crippen molar-refractivity contribution in [3.05, 3.63) is 42.0 Å². The molecule has 0 unspecified atom stereocenters. The maximum Gasteiger partial charge on any atom is 0.166 e. The molecule has 0 aliphatic heterocycles. The summed E-state index contributed by atoms with van der Waals surface area (Å²) in [5, 5.41) is 16.3. The fraction of sp³-hybridized carbons (Fsp3) is 0.250. The Morgan fingerprint density at radius 2 is 2.29 bits per heavy atom. The molecule has 0 aliphatic rings. The number of hydrogen-bond acceptors (Lipinski definition) is 3. The molecule has 5 heteroatoms. The molecule has 0 saturated heterocycles. The zero-order chi connectivity index (χ0) is 12.3.